The largest absolute Gasteiger partial charge is 0.330 e. The van der Waals surface area contributed by atoms with E-state index in [0.29, 0.717) is 50.1 Å². The molecular formula is C14H22N4O2. The molecule has 0 atom stereocenters. The maximum atomic E-state index is 11.5. The second-order valence-electron chi connectivity index (χ2n) is 4.46. The van der Waals surface area contributed by atoms with Gasteiger partial charge in [0.05, 0.1) is 0 Å². The molecule has 0 aliphatic heterocycles. The molecule has 0 spiro atoms. The van der Waals surface area contributed by atoms with Crippen molar-refractivity contribution in [2.45, 2.75) is 25.7 Å². The molecule has 0 aliphatic rings. The number of nitrogens with two attached hydrogens (primary N) is 2. The third-order valence-electron chi connectivity index (χ3n) is 2.67. The van der Waals surface area contributed by atoms with E-state index in [1.54, 1.807) is 24.3 Å². The molecule has 0 saturated carbocycles. The zero-order valence-corrected chi connectivity index (χ0v) is 11.5. The Kier molecular flexibility index (Phi) is 7.31. The lowest BCUT2D eigenvalue weighted by Crippen LogP contribution is -2.14. The first kappa shape index (κ1) is 16.1. The van der Waals surface area contributed by atoms with Crippen molar-refractivity contribution in [2.24, 2.45) is 11.5 Å². The van der Waals surface area contributed by atoms with Crippen LogP contribution in [0.25, 0.3) is 0 Å². The van der Waals surface area contributed by atoms with Crippen molar-refractivity contribution < 1.29 is 9.59 Å². The van der Waals surface area contributed by atoms with Gasteiger partial charge in [0.1, 0.15) is 0 Å². The third-order valence-corrected chi connectivity index (χ3v) is 2.67. The van der Waals surface area contributed by atoms with E-state index in [1.807, 2.05) is 0 Å². The minimum Gasteiger partial charge on any atom is -0.330 e. The van der Waals surface area contributed by atoms with Gasteiger partial charge < -0.3 is 22.1 Å². The molecule has 0 fully saturated rings. The Bertz CT molecular complexity index is 390. The van der Waals surface area contributed by atoms with Crippen molar-refractivity contribution in [1.29, 1.82) is 0 Å². The van der Waals surface area contributed by atoms with Crippen LogP contribution in [0, 0.1) is 0 Å². The highest BCUT2D eigenvalue weighted by molar-refractivity contribution is 5.92. The van der Waals surface area contributed by atoms with E-state index in [-0.39, 0.29) is 11.8 Å². The summed E-state index contributed by atoms with van der Waals surface area (Å²) in [6, 6.07) is 7.00. The molecule has 0 aromatic heterocycles. The normalized spacial score (nSPS) is 10.1. The Morgan fingerprint density at radius 3 is 1.45 bits per heavy atom. The summed E-state index contributed by atoms with van der Waals surface area (Å²) in [7, 11) is 0. The molecule has 6 N–H and O–H groups in total. The summed E-state index contributed by atoms with van der Waals surface area (Å²) in [6.07, 6.45) is 2.16. The first-order valence-corrected chi connectivity index (χ1v) is 6.75. The molecule has 0 radical (unpaired) electrons. The summed E-state index contributed by atoms with van der Waals surface area (Å²) < 4.78 is 0. The Balaban J connectivity index is 2.43. The Morgan fingerprint density at radius 1 is 0.800 bits per heavy atom. The van der Waals surface area contributed by atoms with E-state index in [4.69, 9.17) is 11.5 Å². The Hall–Kier alpha value is -1.92. The van der Waals surface area contributed by atoms with Gasteiger partial charge in [-0.1, -0.05) is 0 Å². The number of amides is 2. The number of rotatable bonds is 8. The molecule has 1 aromatic rings. The van der Waals surface area contributed by atoms with E-state index in [9.17, 15) is 9.59 Å². The Morgan fingerprint density at radius 2 is 1.15 bits per heavy atom. The van der Waals surface area contributed by atoms with Crippen LogP contribution >= 0.6 is 0 Å². The molecule has 20 heavy (non-hydrogen) atoms. The second-order valence-corrected chi connectivity index (χ2v) is 4.46. The predicted octanol–water partition coefficient (Wildman–Crippen LogP) is 1.04. The maximum absolute atomic E-state index is 11.5. The molecule has 0 bridgehead atoms. The van der Waals surface area contributed by atoms with Crippen LogP contribution in [0.4, 0.5) is 11.4 Å². The van der Waals surface area contributed by atoms with Crippen molar-refractivity contribution in [2.75, 3.05) is 23.7 Å². The lowest BCUT2D eigenvalue weighted by atomic mass is 10.2. The second kappa shape index (κ2) is 9.06. The molecule has 6 nitrogen and oxygen atoms in total. The average molecular weight is 278 g/mol. The van der Waals surface area contributed by atoms with E-state index in [1.165, 1.54) is 0 Å². The molecule has 110 valence electrons. The molecule has 0 saturated heterocycles. The molecule has 1 aromatic carbocycles. The lowest BCUT2D eigenvalue weighted by Gasteiger charge is -2.07. The van der Waals surface area contributed by atoms with Gasteiger partial charge in [-0.05, 0) is 50.2 Å². The highest BCUT2D eigenvalue weighted by Crippen LogP contribution is 2.14. The van der Waals surface area contributed by atoms with Crippen molar-refractivity contribution in [3.05, 3.63) is 24.3 Å². The van der Waals surface area contributed by atoms with Crippen molar-refractivity contribution >= 4 is 23.2 Å². The van der Waals surface area contributed by atoms with Gasteiger partial charge >= 0.3 is 0 Å². The van der Waals surface area contributed by atoms with E-state index >= 15 is 0 Å². The maximum Gasteiger partial charge on any atom is 0.224 e. The summed E-state index contributed by atoms with van der Waals surface area (Å²) in [5.41, 5.74) is 12.1. The molecular weight excluding hydrogens is 256 g/mol. The fourth-order valence-electron chi connectivity index (χ4n) is 1.61. The fraction of sp³-hybridized carbons (Fsp3) is 0.429. The predicted molar refractivity (Wildman–Crippen MR) is 80.3 cm³/mol. The van der Waals surface area contributed by atoms with Gasteiger partial charge in [0.15, 0.2) is 0 Å². The number of hydrogen-bond donors (Lipinski definition) is 4. The van der Waals surface area contributed by atoms with E-state index < -0.39 is 0 Å². The number of carbonyl (C=O) groups is 2. The average Bonchev–Trinajstić information content (AvgIpc) is 2.45. The number of anilines is 2. The van der Waals surface area contributed by atoms with Crippen LogP contribution in [-0.4, -0.2) is 24.9 Å². The first-order chi connectivity index (χ1) is 9.65. The molecule has 0 heterocycles. The molecule has 1 rings (SSSR count). The van der Waals surface area contributed by atoms with Gasteiger partial charge in [-0.3, -0.25) is 9.59 Å². The Labute approximate surface area is 118 Å². The standard InChI is InChI=1S/C14H22N4O2/c15-9-1-3-13(19)17-11-5-7-12(8-6-11)18-14(20)4-2-10-16/h5-8H,1-4,9-10,15-16H2,(H,17,19)(H,18,20). The third kappa shape index (κ3) is 6.31. The van der Waals surface area contributed by atoms with Gasteiger partial charge in [-0.2, -0.15) is 0 Å². The molecule has 0 unspecified atom stereocenters. The highest BCUT2D eigenvalue weighted by Gasteiger charge is 2.03. The van der Waals surface area contributed by atoms with Gasteiger partial charge in [-0.25, -0.2) is 0 Å². The van der Waals surface area contributed by atoms with Crippen LogP contribution in [0.3, 0.4) is 0 Å². The van der Waals surface area contributed by atoms with Crippen LogP contribution in [0.2, 0.25) is 0 Å². The smallest absolute Gasteiger partial charge is 0.224 e. The van der Waals surface area contributed by atoms with Gasteiger partial charge in [0.2, 0.25) is 11.8 Å². The number of nitrogens with one attached hydrogen (secondary N) is 2. The summed E-state index contributed by atoms with van der Waals surface area (Å²) in [6.45, 7) is 1.00. The quantitative estimate of drug-likeness (QED) is 0.569. The number of benzene rings is 1. The van der Waals surface area contributed by atoms with E-state index in [0.717, 1.165) is 0 Å². The van der Waals surface area contributed by atoms with Crippen LogP contribution in [0.15, 0.2) is 24.3 Å². The minimum absolute atomic E-state index is 0.0600. The molecule has 2 amide bonds. The fourth-order valence-corrected chi connectivity index (χ4v) is 1.61. The van der Waals surface area contributed by atoms with Crippen molar-refractivity contribution in [1.82, 2.24) is 0 Å². The first-order valence-electron chi connectivity index (χ1n) is 6.75. The van der Waals surface area contributed by atoms with Gasteiger partial charge in [0, 0.05) is 24.2 Å². The summed E-state index contributed by atoms with van der Waals surface area (Å²) in [4.78, 5) is 23.0. The molecule has 0 aliphatic carbocycles. The zero-order valence-electron chi connectivity index (χ0n) is 11.5. The SMILES string of the molecule is NCCCC(=O)Nc1ccc(NC(=O)CCCN)cc1. The van der Waals surface area contributed by atoms with Crippen LogP contribution in [0.5, 0.6) is 0 Å². The lowest BCUT2D eigenvalue weighted by molar-refractivity contribution is -0.117. The highest BCUT2D eigenvalue weighted by atomic mass is 16.2. The summed E-state index contributed by atoms with van der Waals surface area (Å²) >= 11 is 0. The number of hydrogen-bond acceptors (Lipinski definition) is 4. The monoisotopic (exact) mass is 278 g/mol. The molecule has 6 heteroatoms. The van der Waals surface area contributed by atoms with Crippen LogP contribution in [-0.2, 0) is 9.59 Å². The van der Waals surface area contributed by atoms with Gasteiger partial charge in [0.25, 0.3) is 0 Å². The van der Waals surface area contributed by atoms with Gasteiger partial charge in [-0.15, -0.1) is 0 Å². The van der Waals surface area contributed by atoms with Crippen LogP contribution < -0.4 is 22.1 Å². The van der Waals surface area contributed by atoms with E-state index in [2.05, 4.69) is 10.6 Å². The summed E-state index contributed by atoms with van der Waals surface area (Å²) in [5, 5.41) is 5.54. The topological polar surface area (TPSA) is 110 Å². The minimum atomic E-state index is -0.0600. The zero-order chi connectivity index (χ0) is 14.8. The van der Waals surface area contributed by atoms with Crippen LogP contribution in [0.1, 0.15) is 25.7 Å². The van der Waals surface area contributed by atoms with Crippen molar-refractivity contribution in [3.8, 4) is 0 Å². The number of carbonyl (C=O) groups excluding carboxylic acids is 2. The van der Waals surface area contributed by atoms with Crippen molar-refractivity contribution in [3.63, 3.8) is 0 Å². The summed E-state index contributed by atoms with van der Waals surface area (Å²) in [5.74, 6) is -0.120.